The number of hydrogen-bond acceptors (Lipinski definition) is 3. The van der Waals surface area contributed by atoms with Crippen molar-refractivity contribution in [1.82, 2.24) is 15.5 Å². The summed E-state index contributed by atoms with van der Waals surface area (Å²) in [7, 11) is 3.61. The van der Waals surface area contributed by atoms with Crippen LogP contribution >= 0.6 is 11.6 Å². The van der Waals surface area contributed by atoms with Crippen LogP contribution in [0.2, 0.25) is 5.02 Å². The molecule has 0 aliphatic carbocycles. The van der Waals surface area contributed by atoms with Crippen molar-refractivity contribution in [2.24, 2.45) is 0 Å². The molecule has 0 spiro atoms. The first-order chi connectivity index (χ1) is 12.2. The highest BCUT2D eigenvalue weighted by molar-refractivity contribution is 6.32. The summed E-state index contributed by atoms with van der Waals surface area (Å²) in [6.45, 7) is 0.928. The van der Waals surface area contributed by atoms with Gasteiger partial charge in [-0.25, -0.2) is 0 Å². The second-order valence-electron chi connectivity index (χ2n) is 5.95. The molecule has 0 saturated carbocycles. The monoisotopic (exact) mass is 355 g/mol. The zero-order chi connectivity index (χ0) is 17.6. The van der Waals surface area contributed by atoms with Gasteiger partial charge in [-0.3, -0.25) is 5.10 Å². The van der Waals surface area contributed by atoms with Crippen LogP contribution in [0.4, 0.5) is 0 Å². The van der Waals surface area contributed by atoms with Gasteiger partial charge in [0.25, 0.3) is 0 Å². The molecule has 0 saturated heterocycles. The lowest BCUT2D eigenvalue weighted by atomic mass is 9.87. The third kappa shape index (κ3) is 4.03. The molecule has 4 nitrogen and oxygen atoms in total. The number of nitrogens with zero attached hydrogens (tertiary/aromatic N) is 1. The average molecular weight is 356 g/mol. The summed E-state index contributed by atoms with van der Waals surface area (Å²) < 4.78 is 5.27. The summed E-state index contributed by atoms with van der Waals surface area (Å²) >= 11 is 6.34. The third-order valence-corrected chi connectivity index (χ3v) is 4.70. The normalized spacial score (nSPS) is 12.1. The van der Waals surface area contributed by atoms with E-state index >= 15 is 0 Å². The lowest BCUT2D eigenvalue weighted by Gasteiger charge is -2.19. The summed E-state index contributed by atoms with van der Waals surface area (Å²) in [5.41, 5.74) is 4.70. The van der Waals surface area contributed by atoms with Crippen LogP contribution < -0.4 is 10.1 Å². The van der Waals surface area contributed by atoms with Gasteiger partial charge in [0, 0.05) is 17.7 Å². The standard InChI is InChI=1S/C20H22ClN3O/c1-22-10-9-18(16-7-8-20(25-2)19(21)11-16)15-5-3-14(4-6-15)17-12-23-24-13-17/h3-8,11-13,18,22H,9-10H2,1-2H3,(H,23,24). The van der Waals surface area contributed by atoms with Crippen LogP contribution in [0.1, 0.15) is 23.5 Å². The fraction of sp³-hybridized carbons (Fsp3) is 0.250. The predicted octanol–water partition coefficient (Wildman–Crippen LogP) is 4.48. The lowest BCUT2D eigenvalue weighted by Crippen LogP contribution is -2.13. The Labute approximate surface area is 153 Å². The van der Waals surface area contributed by atoms with Crippen LogP contribution in [-0.2, 0) is 0 Å². The van der Waals surface area contributed by atoms with Crippen LogP contribution in [0.5, 0.6) is 5.75 Å². The largest absolute Gasteiger partial charge is 0.495 e. The zero-order valence-electron chi connectivity index (χ0n) is 14.4. The summed E-state index contributed by atoms with van der Waals surface area (Å²) in [6.07, 6.45) is 4.72. The van der Waals surface area contributed by atoms with Gasteiger partial charge in [0.05, 0.1) is 18.3 Å². The molecule has 25 heavy (non-hydrogen) atoms. The summed E-state index contributed by atoms with van der Waals surface area (Å²) in [5.74, 6) is 0.974. The van der Waals surface area contributed by atoms with E-state index in [0.717, 1.165) is 24.1 Å². The molecule has 0 bridgehead atoms. The van der Waals surface area contributed by atoms with E-state index in [1.165, 1.54) is 11.1 Å². The molecule has 2 N–H and O–H groups in total. The van der Waals surface area contributed by atoms with Gasteiger partial charge in [-0.1, -0.05) is 41.9 Å². The molecule has 3 aromatic rings. The lowest BCUT2D eigenvalue weighted by molar-refractivity contribution is 0.415. The first-order valence-electron chi connectivity index (χ1n) is 8.30. The van der Waals surface area contributed by atoms with Gasteiger partial charge in [0.1, 0.15) is 5.75 Å². The van der Waals surface area contributed by atoms with Gasteiger partial charge in [0.15, 0.2) is 0 Å². The van der Waals surface area contributed by atoms with Gasteiger partial charge in [-0.2, -0.15) is 5.10 Å². The molecule has 1 atom stereocenters. The number of halogens is 1. The van der Waals surface area contributed by atoms with Crippen LogP contribution in [0, 0.1) is 0 Å². The molecular weight excluding hydrogens is 334 g/mol. The predicted molar refractivity (Wildman–Crippen MR) is 102 cm³/mol. The molecule has 0 amide bonds. The Kier molecular flexibility index (Phi) is 5.74. The highest BCUT2D eigenvalue weighted by Crippen LogP contribution is 2.34. The van der Waals surface area contributed by atoms with Gasteiger partial charge >= 0.3 is 0 Å². The number of aromatic amines is 1. The third-order valence-electron chi connectivity index (χ3n) is 4.41. The summed E-state index contributed by atoms with van der Waals surface area (Å²) in [4.78, 5) is 0. The van der Waals surface area contributed by atoms with Gasteiger partial charge in [0.2, 0.25) is 0 Å². The van der Waals surface area contributed by atoms with E-state index in [9.17, 15) is 0 Å². The Morgan fingerprint density at radius 2 is 1.88 bits per heavy atom. The highest BCUT2D eigenvalue weighted by Gasteiger charge is 2.16. The Morgan fingerprint density at radius 1 is 1.12 bits per heavy atom. The second kappa shape index (κ2) is 8.19. The number of methoxy groups -OCH3 is 1. The first-order valence-corrected chi connectivity index (χ1v) is 8.68. The quantitative estimate of drug-likeness (QED) is 0.657. The molecule has 1 heterocycles. The highest BCUT2D eigenvalue weighted by atomic mass is 35.5. The van der Waals surface area contributed by atoms with Gasteiger partial charge < -0.3 is 10.1 Å². The van der Waals surface area contributed by atoms with E-state index in [1.807, 2.05) is 31.6 Å². The number of rotatable bonds is 7. The number of benzene rings is 2. The SMILES string of the molecule is CNCCC(c1ccc(-c2cn[nH]c2)cc1)c1ccc(OC)c(Cl)c1. The maximum atomic E-state index is 6.34. The molecule has 0 fully saturated rings. The maximum absolute atomic E-state index is 6.34. The van der Waals surface area contributed by atoms with E-state index in [1.54, 1.807) is 7.11 Å². The van der Waals surface area contributed by atoms with Crippen molar-refractivity contribution in [3.05, 3.63) is 71.0 Å². The molecule has 130 valence electrons. The van der Waals surface area contributed by atoms with Crippen molar-refractivity contribution in [3.8, 4) is 16.9 Å². The molecule has 0 radical (unpaired) electrons. The molecule has 3 rings (SSSR count). The van der Waals surface area contributed by atoms with Crippen molar-refractivity contribution in [2.45, 2.75) is 12.3 Å². The van der Waals surface area contributed by atoms with Crippen LogP contribution in [-0.4, -0.2) is 30.9 Å². The van der Waals surface area contributed by atoms with E-state index in [4.69, 9.17) is 16.3 Å². The first kappa shape index (κ1) is 17.5. The number of nitrogens with one attached hydrogen (secondary N) is 2. The molecular formula is C20H22ClN3O. The van der Waals surface area contributed by atoms with Crippen molar-refractivity contribution < 1.29 is 4.74 Å². The van der Waals surface area contributed by atoms with Crippen molar-refractivity contribution in [3.63, 3.8) is 0 Å². The molecule has 5 heteroatoms. The molecule has 1 unspecified atom stereocenters. The Bertz CT molecular complexity index is 800. The van der Waals surface area contributed by atoms with Crippen molar-refractivity contribution in [1.29, 1.82) is 0 Å². The van der Waals surface area contributed by atoms with E-state index in [-0.39, 0.29) is 5.92 Å². The average Bonchev–Trinajstić information content (AvgIpc) is 3.17. The van der Waals surface area contributed by atoms with Crippen LogP contribution in [0.15, 0.2) is 54.9 Å². The Hall–Kier alpha value is -2.30. The molecule has 0 aliphatic rings. The molecule has 2 aromatic carbocycles. The Morgan fingerprint density at radius 3 is 2.48 bits per heavy atom. The van der Waals surface area contributed by atoms with E-state index in [0.29, 0.717) is 10.8 Å². The summed E-state index contributed by atoms with van der Waals surface area (Å²) in [5, 5.41) is 10.7. The molecule has 0 aliphatic heterocycles. The number of ether oxygens (including phenoxy) is 1. The number of aromatic nitrogens is 2. The van der Waals surface area contributed by atoms with E-state index < -0.39 is 0 Å². The molecule has 1 aromatic heterocycles. The number of hydrogen-bond donors (Lipinski definition) is 2. The fourth-order valence-corrected chi connectivity index (χ4v) is 3.30. The second-order valence-corrected chi connectivity index (χ2v) is 6.35. The number of H-pyrrole nitrogens is 1. The van der Waals surface area contributed by atoms with Crippen molar-refractivity contribution in [2.75, 3.05) is 20.7 Å². The summed E-state index contributed by atoms with van der Waals surface area (Å²) in [6, 6.07) is 14.7. The maximum Gasteiger partial charge on any atom is 0.137 e. The minimum atomic E-state index is 0.272. The van der Waals surface area contributed by atoms with Gasteiger partial charge in [-0.15, -0.1) is 0 Å². The smallest absolute Gasteiger partial charge is 0.137 e. The van der Waals surface area contributed by atoms with Crippen molar-refractivity contribution >= 4 is 11.6 Å². The van der Waals surface area contributed by atoms with Gasteiger partial charge in [-0.05, 0) is 48.8 Å². The fourth-order valence-electron chi connectivity index (χ4n) is 3.03. The van der Waals surface area contributed by atoms with Crippen LogP contribution in [0.25, 0.3) is 11.1 Å². The minimum Gasteiger partial charge on any atom is -0.495 e. The topological polar surface area (TPSA) is 49.9 Å². The van der Waals surface area contributed by atoms with E-state index in [2.05, 4.69) is 45.8 Å². The Balaban J connectivity index is 1.91. The minimum absolute atomic E-state index is 0.272. The zero-order valence-corrected chi connectivity index (χ0v) is 15.2. The van der Waals surface area contributed by atoms with Crippen LogP contribution in [0.3, 0.4) is 0 Å².